The number of carbonyl (C=O) groups is 2. The summed E-state index contributed by atoms with van der Waals surface area (Å²) in [7, 11) is 0. The lowest BCUT2D eigenvalue weighted by Crippen LogP contribution is -2.11. The Kier molecular flexibility index (Phi) is 4.06. The van der Waals surface area contributed by atoms with Crippen molar-refractivity contribution in [3.05, 3.63) is 75.9 Å². The van der Waals surface area contributed by atoms with E-state index >= 15 is 0 Å². The number of nitrogens with zero attached hydrogens (tertiary/aromatic N) is 1. The Morgan fingerprint density at radius 1 is 1.19 bits per heavy atom. The predicted molar refractivity (Wildman–Crippen MR) is 101 cm³/mol. The van der Waals surface area contributed by atoms with Gasteiger partial charge in [0.1, 0.15) is 11.2 Å². The number of carboxylic acids is 1. The van der Waals surface area contributed by atoms with Crippen molar-refractivity contribution in [2.24, 2.45) is 0 Å². The third-order valence-corrected chi connectivity index (χ3v) is 4.94. The van der Waals surface area contributed by atoms with Gasteiger partial charge in [-0.2, -0.15) is 0 Å². The summed E-state index contributed by atoms with van der Waals surface area (Å²) < 4.78 is 0. The number of para-hydroxylation sites is 1. The molecule has 3 aromatic rings. The van der Waals surface area contributed by atoms with Crippen LogP contribution >= 0.6 is 11.8 Å². The summed E-state index contributed by atoms with van der Waals surface area (Å²) in [5, 5.41) is 13.7. The molecule has 3 heterocycles. The summed E-state index contributed by atoms with van der Waals surface area (Å²) >= 11 is 1.12. The van der Waals surface area contributed by atoms with Gasteiger partial charge in [-0.25, -0.2) is 9.78 Å². The number of nitrogens with one attached hydrogen (secondary N) is 2. The van der Waals surface area contributed by atoms with Gasteiger partial charge in [-0.15, -0.1) is 0 Å². The number of fused-ring (bicyclic) bond motifs is 1. The fraction of sp³-hybridized carbons (Fsp3) is 0. The number of thioether (sulfide) groups is 1. The van der Waals surface area contributed by atoms with Crippen molar-refractivity contribution >= 4 is 46.3 Å². The molecule has 0 fully saturated rings. The zero-order valence-corrected chi connectivity index (χ0v) is 14.2. The van der Waals surface area contributed by atoms with Gasteiger partial charge in [0.15, 0.2) is 0 Å². The SMILES string of the molecule is O=C(O)C1=C(Nc2ccccc2)S/C(=C\c2c[nH]c3ncccc23)C1=O. The molecule has 3 N–H and O–H groups in total. The summed E-state index contributed by atoms with van der Waals surface area (Å²) in [6, 6.07) is 12.9. The first-order valence-corrected chi connectivity index (χ1v) is 8.61. The molecule has 1 aromatic carbocycles. The first-order valence-electron chi connectivity index (χ1n) is 7.79. The Balaban J connectivity index is 1.70. The third-order valence-electron chi connectivity index (χ3n) is 3.91. The van der Waals surface area contributed by atoms with Gasteiger partial charge in [-0.3, -0.25) is 4.79 Å². The van der Waals surface area contributed by atoms with E-state index in [0.29, 0.717) is 15.6 Å². The molecule has 128 valence electrons. The number of aromatic nitrogens is 2. The molecule has 7 heteroatoms. The number of aliphatic carboxylic acids is 1. The molecule has 0 atom stereocenters. The van der Waals surface area contributed by atoms with Crippen molar-refractivity contribution in [2.75, 3.05) is 5.32 Å². The standard InChI is InChI=1S/C19H13N3O3S/c23-16-14(9-11-10-21-17-13(11)7-4-8-20-17)26-18(15(16)19(24)25)22-12-5-2-1-3-6-12/h1-10,22H,(H,20,21)(H,24,25)/b14-9-. The van der Waals surface area contributed by atoms with E-state index < -0.39 is 11.8 Å². The maximum Gasteiger partial charge on any atom is 0.342 e. The average molecular weight is 363 g/mol. The number of hydrogen-bond acceptors (Lipinski definition) is 5. The van der Waals surface area contributed by atoms with Gasteiger partial charge in [0, 0.05) is 29.0 Å². The fourth-order valence-electron chi connectivity index (χ4n) is 2.70. The Bertz CT molecular complexity index is 1080. The zero-order valence-electron chi connectivity index (χ0n) is 13.4. The molecule has 26 heavy (non-hydrogen) atoms. The lowest BCUT2D eigenvalue weighted by atomic mass is 10.1. The lowest BCUT2D eigenvalue weighted by Gasteiger charge is -2.06. The number of pyridine rings is 1. The number of anilines is 1. The Labute approximate surface area is 152 Å². The van der Waals surface area contributed by atoms with Crippen molar-refractivity contribution in [2.45, 2.75) is 0 Å². The highest BCUT2D eigenvalue weighted by Crippen LogP contribution is 2.40. The number of Topliss-reactive ketones (excluding diaryl/α,β-unsaturated/α-hetero) is 1. The number of aromatic amines is 1. The van der Waals surface area contributed by atoms with Crippen LogP contribution in [0.2, 0.25) is 0 Å². The quantitative estimate of drug-likeness (QED) is 0.484. The second kappa shape index (κ2) is 6.53. The maximum atomic E-state index is 12.6. The van der Waals surface area contributed by atoms with Crippen LogP contribution in [-0.2, 0) is 9.59 Å². The van der Waals surface area contributed by atoms with Crippen molar-refractivity contribution in [3.63, 3.8) is 0 Å². The van der Waals surface area contributed by atoms with Crippen LogP contribution < -0.4 is 5.32 Å². The summed E-state index contributed by atoms with van der Waals surface area (Å²) in [6.07, 6.45) is 5.12. The summed E-state index contributed by atoms with van der Waals surface area (Å²) in [4.78, 5) is 31.8. The van der Waals surface area contributed by atoms with E-state index in [1.54, 1.807) is 18.5 Å². The number of carboxylic acid groups (broad SMARTS) is 1. The van der Waals surface area contributed by atoms with Gasteiger partial charge in [-0.05, 0) is 30.3 Å². The van der Waals surface area contributed by atoms with E-state index in [1.165, 1.54) is 0 Å². The summed E-state index contributed by atoms with van der Waals surface area (Å²) in [5.74, 6) is -1.75. The Morgan fingerprint density at radius 2 is 2.00 bits per heavy atom. The largest absolute Gasteiger partial charge is 0.477 e. The predicted octanol–water partition coefficient (Wildman–Crippen LogP) is 3.63. The molecule has 4 rings (SSSR count). The number of hydrogen-bond donors (Lipinski definition) is 3. The molecule has 0 radical (unpaired) electrons. The van der Waals surface area contributed by atoms with Crippen LogP contribution in [0, 0.1) is 0 Å². The van der Waals surface area contributed by atoms with Crippen LogP contribution in [-0.4, -0.2) is 26.8 Å². The smallest absolute Gasteiger partial charge is 0.342 e. The molecule has 0 bridgehead atoms. The van der Waals surface area contributed by atoms with Gasteiger partial charge in [-0.1, -0.05) is 30.0 Å². The molecule has 6 nitrogen and oxygen atoms in total. The molecule has 2 aromatic heterocycles. The van der Waals surface area contributed by atoms with Crippen molar-refractivity contribution in [1.29, 1.82) is 0 Å². The topological polar surface area (TPSA) is 95.1 Å². The molecule has 1 aliphatic heterocycles. The number of ketones is 1. The minimum absolute atomic E-state index is 0.247. The van der Waals surface area contributed by atoms with E-state index in [9.17, 15) is 14.7 Å². The second-order valence-electron chi connectivity index (χ2n) is 5.58. The third kappa shape index (κ3) is 2.89. The van der Waals surface area contributed by atoms with Crippen LogP contribution in [0.1, 0.15) is 5.56 Å². The first-order chi connectivity index (χ1) is 12.6. The van der Waals surface area contributed by atoms with Gasteiger partial charge in [0.25, 0.3) is 0 Å². The van der Waals surface area contributed by atoms with Gasteiger partial charge >= 0.3 is 5.97 Å². The van der Waals surface area contributed by atoms with Crippen molar-refractivity contribution < 1.29 is 14.7 Å². The molecule has 1 aliphatic rings. The van der Waals surface area contributed by atoms with E-state index in [0.717, 1.165) is 28.4 Å². The molecule has 0 unspecified atom stereocenters. The molecular formula is C19H13N3O3S. The van der Waals surface area contributed by atoms with E-state index in [-0.39, 0.29) is 5.57 Å². The van der Waals surface area contributed by atoms with Gasteiger partial charge in [0.05, 0.1) is 9.93 Å². The minimum Gasteiger partial charge on any atom is -0.477 e. The Morgan fingerprint density at radius 3 is 2.77 bits per heavy atom. The van der Waals surface area contributed by atoms with Gasteiger partial charge < -0.3 is 15.4 Å². The summed E-state index contributed by atoms with van der Waals surface area (Å²) in [6.45, 7) is 0. The second-order valence-corrected chi connectivity index (χ2v) is 6.64. The molecular weight excluding hydrogens is 350 g/mol. The van der Waals surface area contributed by atoms with Crippen LogP contribution in [0.4, 0.5) is 5.69 Å². The molecule has 0 spiro atoms. The number of H-pyrrole nitrogens is 1. The monoisotopic (exact) mass is 363 g/mol. The highest BCUT2D eigenvalue weighted by molar-refractivity contribution is 8.08. The van der Waals surface area contributed by atoms with Crippen LogP contribution in [0.15, 0.2) is 70.4 Å². The number of benzene rings is 1. The average Bonchev–Trinajstić information content (AvgIpc) is 3.18. The normalized spacial score (nSPS) is 15.8. The van der Waals surface area contributed by atoms with E-state index in [4.69, 9.17) is 0 Å². The van der Waals surface area contributed by atoms with Crippen molar-refractivity contribution in [3.8, 4) is 0 Å². The molecule has 0 saturated heterocycles. The van der Waals surface area contributed by atoms with Crippen LogP contribution in [0.25, 0.3) is 17.1 Å². The lowest BCUT2D eigenvalue weighted by molar-refractivity contribution is -0.134. The first kappa shape index (κ1) is 16.2. The maximum absolute atomic E-state index is 12.6. The van der Waals surface area contributed by atoms with Crippen LogP contribution in [0.5, 0.6) is 0 Å². The van der Waals surface area contributed by atoms with Crippen molar-refractivity contribution in [1.82, 2.24) is 9.97 Å². The van der Waals surface area contributed by atoms with E-state index in [2.05, 4.69) is 15.3 Å². The molecule has 0 aliphatic carbocycles. The highest BCUT2D eigenvalue weighted by Gasteiger charge is 2.34. The number of rotatable bonds is 4. The van der Waals surface area contributed by atoms with Crippen LogP contribution in [0.3, 0.4) is 0 Å². The summed E-state index contributed by atoms with van der Waals surface area (Å²) in [5.41, 5.74) is 1.97. The fourth-order valence-corrected chi connectivity index (χ4v) is 3.75. The zero-order chi connectivity index (χ0) is 18.1. The van der Waals surface area contributed by atoms with Gasteiger partial charge in [0.2, 0.25) is 5.78 Å². The van der Waals surface area contributed by atoms with E-state index in [1.807, 2.05) is 42.5 Å². The number of allylic oxidation sites excluding steroid dienone is 1. The highest BCUT2D eigenvalue weighted by atomic mass is 32.2. The minimum atomic E-state index is -1.25. The number of carbonyl (C=O) groups excluding carboxylic acids is 1. The Hall–Kier alpha value is -3.32. The molecule has 0 saturated carbocycles. The molecule has 0 amide bonds.